The second kappa shape index (κ2) is 6.33. The smallest absolute Gasteiger partial charge is 0.260 e. The van der Waals surface area contributed by atoms with Crippen LogP contribution in [-0.4, -0.2) is 28.9 Å². The van der Waals surface area contributed by atoms with E-state index >= 15 is 0 Å². The molecular formula is C13H15N4O2S. The lowest BCUT2D eigenvalue weighted by molar-refractivity contribution is 0.102. The number of nitrogens with one attached hydrogen (secondary N) is 2. The van der Waals surface area contributed by atoms with E-state index in [1.807, 2.05) is 0 Å². The normalized spacial score (nSPS) is 10.2. The van der Waals surface area contributed by atoms with Crippen molar-refractivity contribution < 1.29 is 9.53 Å². The number of rotatable bonds is 5. The number of methoxy groups -OCH3 is 1. The lowest BCUT2D eigenvalue weighted by Crippen LogP contribution is -2.14. The highest BCUT2D eigenvalue weighted by Crippen LogP contribution is 2.25. The van der Waals surface area contributed by atoms with Gasteiger partial charge in [-0.25, -0.2) is 4.98 Å². The van der Waals surface area contributed by atoms with Gasteiger partial charge in [0.25, 0.3) is 5.91 Å². The van der Waals surface area contributed by atoms with Crippen molar-refractivity contribution in [3.8, 4) is 5.88 Å². The van der Waals surface area contributed by atoms with E-state index in [2.05, 4.69) is 26.9 Å². The van der Waals surface area contributed by atoms with E-state index in [4.69, 9.17) is 4.74 Å². The molecule has 0 aliphatic carbocycles. The number of anilines is 2. The predicted octanol–water partition coefficient (Wildman–Crippen LogP) is 2.35. The van der Waals surface area contributed by atoms with Crippen LogP contribution in [0.25, 0.3) is 0 Å². The molecule has 0 atom stereocenters. The molecule has 20 heavy (non-hydrogen) atoms. The van der Waals surface area contributed by atoms with Crippen molar-refractivity contribution in [2.75, 3.05) is 24.3 Å². The Balaban J connectivity index is 2.16. The Morgan fingerprint density at radius 2 is 2.30 bits per heavy atom. The fourth-order valence-corrected chi connectivity index (χ4v) is 2.46. The first-order chi connectivity index (χ1) is 9.65. The van der Waals surface area contributed by atoms with Crippen LogP contribution in [0.3, 0.4) is 0 Å². The third-order valence-electron chi connectivity index (χ3n) is 2.58. The second-order valence-electron chi connectivity index (χ2n) is 3.94. The molecule has 1 amide bonds. The minimum absolute atomic E-state index is 0.223. The molecule has 0 aliphatic rings. The van der Waals surface area contributed by atoms with E-state index in [0.29, 0.717) is 29.4 Å². The molecule has 7 heteroatoms. The van der Waals surface area contributed by atoms with Gasteiger partial charge in [-0.1, -0.05) is 0 Å². The van der Waals surface area contributed by atoms with Gasteiger partial charge in [-0.05, 0) is 31.4 Å². The maximum Gasteiger partial charge on any atom is 0.260 e. The van der Waals surface area contributed by atoms with E-state index < -0.39 is 0 Å². The summed E-state index contributed by atoms with van der Waals surface area (Å²) in [6.45, 7) is 6.00. The van der Waals surface area contributed by atoms with Crippen molar-refractivity contribution >= 4 is 28.1 Å². The molecule has 105 valence electrons. The molecule has 2 rings (SSSR count). The van der Waals surface area contributed by atoms with Crippen LogP contribution >= 0.6 is 11.5 Å². The summed E-state index contributed by atoms with van der Waals surface area (Å²) in [4.78, 5) is 16.3. The molecule has 1 radical (unpaired) electrons. The van der Waals surface area contributed by atoms with Gasteiger partial charge in [-0.15, -0.1) is 0 Å². The number of hydrogen-bond acceptors (Lipinski definition) is 6. The first-order valence-electron chi connectivity index (χ1n) is 5.96. The summed E-state index contributed by atoms with van der Waals surface area (Å²) in [7, 11) is 1.54. The minimum atomic E-state index is -0.223. The predicted molar refractivity (Wildman–Crippen MR) is 79.4 cm³/mol. The molecule has 0 fully saturated rings. The zero-order valence-electron chi connectivity index (χ0n) is 11.3. The van der Waals surface area contributed by atoms with Gasteiger partial charge >= 0.3 is 0 Å². The molecule has 0 spiro atoms. The molecule has 2 aromatic rings. The summed E-state index contributed by atoms with van der Waals surface area (Å²) < 4.78 is 9.15. The summed E-state index contributed by atoms with van der Waals surface area (Å²) in [5.41, 5.74) is 1.82. The summed E-state index contributed by atoms with van der Waals surface area (Å²) in [6.07, 6.45) is 1.54. The van der Waals surface area contributed by atoms with Crippen LogP contribution in [0.15, 0.2) is 18.3 Å². The highest BCUT2D eigenvalue weighted by atomic mass is 32.1. The number of hydrogen-bond donors (Lipinski definition) is 2. The van der Waals surface area contributed by atoms with Crippen LogP contribution in [-0.2, 0) is 0 Å². The van der Waals surface area contributed by atoms with Crippen molar-refractivity contribution in [1.29, 1.82) is 0 Å². The topological polar surface area (TPSA) is 76.1 Å². The fourth-order valence-electron chi connectivity index (χ4n) is 1.64. The van der Waals surface area contributed by atoms with E-state index in [1.165, 1.54) is 18.6 Å². The summed E-state index contributed by atoms with van der Waals surface area (Å²) >= 11 is 1.25. The van der Waals surface area contributed by atoms with Crippen LogP contribution in [0.2, 0.25) is 0 Å². The maximum absolute atomic E-state index is 12.3. The summed E-state index contributed by atoms with van der Waals surface area (Å²) in [5, 5.41) is 6.53. The van der Waals surface area contributed by atoms with Gasteiger partial charge in [0.1, 0.15) is 5.00 Å². The van der Waals surface area contributed by atoms with E-state index in [-0.39, 0.29) is 5.91 Å². The Hall–Kier alpha value is -2.15. The number of carbonyl (C=O) groups is 1. The first-order valence-corrected chi connectivity index (χ1v) is 6.73. The van der Waals surface area contributed by atoms with E-state index in [0.717, 1.165) is 5.00 Å². The largest absolute Gasteiger partial charge is 0.481 e. The van der Waals surface area contributed by atoms with Crippen LogP contribution in [0.4, 0.5) is 10.7 Å². The number of amides is 1. The highest BCUT2D eigenvalue weighted by molar-refractivity contribution is 7.10. The zero-order valence-corrected chi connectivity index (χ0v) is 12.1. The maximum atomic E-state index is 12.3. The van der Waals surface area contributed by atoms with Gasteiger partial charge in [-0.2, -0.15) is 4.37 Å². The monoisotopic (exact) mass is 291 g/mol. The molecule has 0 aromatic carbocycles. The summed E-state index contributed by atoms with van der Waals surface area (Å²) in [5.74, 6) is 0.273. The number of pyridine rings is 1. The second-order valence-corrected chi connectivity index (χ2v) is 4.72. The van der Waals surface area contributed by atoms with Crippen LogP contribution < -0.4 is 15.4 Å². The minimum Gasteiger partial charge on any atom is -0.481 e. The summed E-state index contributed by atoms with van der Waals surface area (Å²) in [6, 6.07) is 3.41. The van der Waals surface area contributed by atoms with Crippen molar-refractivity contribution in [3.05, 3.63) is 36.5 Å². The standard InChI is InChI=1S/C13H15N4O2S/c1-4-14-13-11(8(2)17-20-13)12(18)16-9-5-6-10(19-3)15-7-9/h5-7,14H,1,4H2,2-3H3,(H,16,18). The van der Waals surface area contributed by atoms with Gasteiger partial charge in [0.2, 0.25) is 5.88 Å². The first kappa shape index (κ1) is 14.3. The van der Waals surface area contributed by atoms with Gasteiger partial charge < -0.3 is 15.4 Å². The molecule has 6 nitrogen and oxygen atoms in total. The van der Waals surface area contributed by atoms with Crippen LogP contribution in [0, 0.1) is 13.8 Å². The average Bonchev–Trinajstić information content (AvgIpc) is 2.81. The average molecular weight is 291 g/mol. The van der Waals surface area contributed by atoms with E-state index in [1.54, 1.807) is 25.3 Å². The van der Waals surface area contributed by atoms with Gasteiger partial charge in [0, 0.05) is 12.6 Å². The number of aromatic nitrogens is 2. The Morgan fingerprint density at radius 3 is 2.90 bits per heavy atom. The molecular weight excluding hydrogens is 276 g/mol. The van der Waals surface area contributed by atoms with Crippen LogP contribution in [0.5, 0.6) is 5.88 Å². The number of aryl methyl sites for hydroxylation is 1. The van der Waals surface area contributed by atoms with Crippen molar-refractivity contribution in [1.82, 2.24) is 9.36 Å². The number of nitrogens with zero attached hydrogens (tertiary/aromatic N) is 2. The van der Waals surface area contributed by atoms with Gasteiger partial charge in [-0.3, -0.25) is 4.79 Å². The third-order valence-corrected chi connectivity index (χ3v) is 3.47. The SMILES string of the molecule is [CH2]CNc1snc(C)c1C(=O)Nc1ccc(OC)nc1. The Bertz CT molecular complexity index is 595. The lowest BCUT2D eigenvalue weighted by Gasteiger charge is -2.07. The molecule has 2 heterocycles. The fraction of sp³-hybridized carbons (Fsp3) is 0.231. The Labute approximate surface area is 121 Å². The zero-order chi connectivity index (χ0) is 14.5. The van der Waals surface area contributed by atoms with Crippen molar-refractivity contribution in [3.63, 3.8) is 0 Å². The van der Waals surface area contributed by atoms with E-state index in [9.17, 15) is 4.79 Å². The Morgan fingerprint density at radius 1 is 1.50 bits per heavy atom. The van der Waals surface area contributed by atoms with Crippen molar-refractivity contribution in [2.45, 2.75) is 6.92 Å². The van der Waals surface area contributed by atoms with Gasteiger partial charge in [0.05, 0.1) is 30.3 Å². The third kappa shape index (κ3) is 3.05. The molecule has 2 aromatic heterocycles. The molecule has 0 bridgehead atoms. The molecule has 2 N–H and O–H groups in total. The number of carbonyl (C=O) groups excluding carboxylic acids is 1. The highest BCUT2D eigenvalue weighted by Gasteiger charge is 2.18. The Kier molecular flexibility index (Phi) is 4.52. The quantitative estimate of drug-likeness (QED) is 0.884. The molecule has 0 saturated carbocycles. The molecule has 0 aliphatic heterocycles. The van der Waals surface area contributed by atoms with Crippen LogP contribution in [0.1, 0.15) is 16.1 Å². The molecule has 0 saturated heterocycles. The lowest BCUT2D eigenvalue weighted by atomic mass is 10.2. The molecule has 0 unspecified atom stereocenters. The van der Waals surface area contributed by atoms with Crippen molar-refractivity contribution in [2.24, 2.45) is 0 Å². The van der Waals surface area contributed by atoms with Gasteiger partial charge in [0.15, 0.2) is 0 Å². The number of ether oxygens (including phenoxy) is 1.